The molecule has 0 saturated heterocycles. The molecule has 2 heterocycles. The molecule has 0 aliphatic heterocycles. The second-order valence-corrected chi connectivity index (χ2v) is 6.88. The van der Waals surface area contributed by atoms with Crippen LogP contribution in [0.4, 0.5) is 0 Å². The first-order valence-electron chi connectivity index (χ1n) is 7.81. The molecule has 2 aromatic heterocycles. The fraction of sp³-hybridized carbons (Fsp3) is 0.158. The van der Waals surface area contributed by atoms with E-state index in [2.05, 4.69) is 56.7 Å². The molecule has 5 nitrogen and oxygen atoms in total. The molecule has 0 aliphatic carbocycles. The van der Waals surface area contributed by atoms with Gasteiger partial charge in [0.2, 0.25) is 0 Å². The maximum Gasteiger partial charge on any atom is 0.307 e. The van der Waals surface area contributed by atoms with Crippen LogP contribution in [-0.2, 0) is 0 Å². The van der Waals surface area contributed by atoms with Crippen molar-refractivity contribution in [3.05, 3.63) is 74.5 Å². The molecule has 128 valence electrons. The number of rotatable bonds is 4. The minimum absolute atomic E-state index is 0.249. The van der Waals surface area contributed by atoms with Gasteiger partial charge in [0.05, 0.1) is 11.9 Å². The Labute approximate surface area is 159 Å². The van der Waals surface area contributed by atoms with Crippen LogP contribution in [0.1, 0.15) is 33.3 Å². The first-order valence-corrected chi connectivity index (χ1v) is 8.89. The number of benzene rings is 1. The van der Waals surface area contributed by atoms with Crippen molar-refractivity contribution in [2.24, 2.45) is 5.10 Å². The minimum atomic E-state index is -0.365. The zero-order valence-electron chi connectivity index (χ0n) is 14.2. The Morgan fingerprint density at radius 2 is 1.96 bits per heavy atom. The van der Waals surface area contributed by atoms with E-state index in [0.29, 0.717) is 5.76 Å². The molecule has 0 saturated carbocycles. The van der Waals surface area contributed by atoms with Crippen LogP contribution >= 0.6 is 22.6 Å². The predicted octanol–water partition coefficient (Wildman–Crippen LogP) is 4.36. The fourth-order valence-corrected chi connectivity index (χ4v) is 3.32. The van der Waals surface area contributed by atoms with Gasteiger partial charge >= 0.3 is 5.91 Å². The van der Waals surface area contributed by atoms with Crippen molar-refractivity contribution in [2.75, 3.05) is 0 Å². The van der Waals surface area contributed by atoms with Crippen molar-refractivity contribution in [1.29, 1.82) is 0 Å². The molecule has 6 heteroatoms. The zero-order chi connectivity index (χ0) is 18.0. The number of carbonyl (C=O) groups excluding carboxylic acids is 1. The number of nitrogens with zero attached hydrogens (tertiary/aromatic N) is 2. The number of aryl methyl sites for hydroxylation is 2. The normalized spacial score (nSPS) is 11.2. The Balaban J connectivity index is 1.81. The second kappa shape index (κ2) is 7.26. The summed E-state index contributed by atoms with van der Waals surface area (Å²) in [5, 5.41) is 4.06. The molecule has 0 unspecified atom stereocenters. The molecule has 0 spiro atoms. The molecule has 0 bridgehead atoms. The molecule has 0 fully saturated rings. The van der Waals surface area contributed by atoms with E-state index in [4.69, 9.17) is 4.42 Å². The van der Waals surface area contributed by atoms with E-state index in [1.54, 1.807) is 25.3 Å². The highest BCUT2D eigenvalue weighted by atomic mass is 127. The fourth-order valence-electron chi connectivity index (χ4n) is 2.69. The highest BCUT2D eigenvalue weighted by Crippen LogP contribution is 2.23. The maximum absolute atomic E-state index is 11.9. The number of furan rings is 1. The monoisotopic (exact) mass is 447 g/mol. The van der Waals surface area contributed by atoms with Gasteiger partial charge in [-0.1, -0.05) is 12.1 Å². The van der Waals surface area contributed by atoms with Gasteiger partial charge in [-0.3, -0.25) is 4.79 Å². The van der Waals surface area contributed by atoms with Crippen molar-refractivity contribution in [3.8, 4) is 5.69 Å². The second-order valence-electron chi connectivity index (χ2n) is 5.72. The van der Waals surface area contributed by atoms with Crippen LogP contribution in [0.25, 0.3) is 5.69 Å². The van der Waals surface area contributed by atoms with Crippen LogP contribution in [0.3, 0.4) is 0 Å². The highest BCUT2D eigenvalue weighted by molar-refractivity contribution is 14.1. The zero-order valence-corrected chi connectivity index (χ0v) is 16.4. The Morgan fingerprint density at radius 1 is 1.20 bits per heavy atom. The van der Waals surface area contributed by atoms with Crippen molar-refractivity contribution < 1.29 is 9.21 Å². The lowest BCUT2D eigenvalue weighted by Crippen LogP contribution is -2.16. The number of aromatic nitrogens is 1. The number of hydrazone groups is 1. The number of nitrogens with one attached hydrogen (secondary N) is 1. The molecular formula is C19H18IN3O2. The predicted molar refractivity (Wildman–Crippen MR) is 106 cm³/mol. The number of para-hydroxylation sites is 1. The van der Waals surface area contributed by atoms with E-state index in [9.17, 15) is 4.79 Å². The number of amides is 1. The van der Waals surface area contributed by atoms with Gasteiger partial charge in [0.25, 0.3) is 0 Å². The summed E-state index contributed by atoms with van der Waals surface area (Å²) >= 11 is 2.33. The van der Waals surface area contributed by atoms with Crippen molar-refractivity contribution in [3.63, 3.8) is 0 Å². The van der Waals surface area contributed by atoms with Crippen LogP contribution in [-0.4, -0.2) is 16.7 Å². The molecule has 0 aliphatic rings. The smallest absolute Gasteiger partial charge is 0.307 e. The van der Waals surface area contributed by atoms with E-state index in [-0.39, 0.29) is 11.7 Å². The number of halogens is 1. The molecule has 0 atom stereocenters. The third-order valence-electron chi connectivity index (χ3n) is 3.90. The standard InChI is InChI=1S/C19H18IN3O2/c1-12-10-15(11-21-22-19(24)18-9-8-13(2)25-18)14(3)23(12)17-7-5-4-6-16(17)20/h4-11H,1-3H3,(H,22,24)/b21-11-. The van der Waals surface area contributed by atoms with Crippen LogP contribution in [0.15, 0.2) is 52.0 Å². The molecule has 25 heavy (non-hydrogen) atoms. The summed E-state index contributed by atoms with van der Waals surface area (Å²) in [5.41, 5.74) is 6.75. The molecular weight excluding hydrogens is 429 g/mol. The Hall–Kier alpha value is -2.35. The van der Waals surface area contributed by atoms with Gasteiger partial charge < -0.3 is 8.98 Å². The van der Waals surface area contributed by atoms with Crippen LogP contribution in [0.2, 0.25) is 0 Å². The number of hydrogen-bond acceptors (Lipinski definition) is 3. The van der Waals surface area contributed by atoms with E-state index in [0.717, 1.165) is 22.6 Å². The Morgan fingerprint density at radius 3 is 2.64 bits per heavy atom. The van der Waals surface area contributed by atoms with E-state index in [1.165, 1.54) is 3.57 Å². The molecule has 0 radical (unpaired) electrons. The van der Waals surface area contributed by atoms with Crippen molar-refractivity contribution >= 4 is 34.7 Å². The van der Waals surface area contributed by atoms with Crippen molar-refractivity contribution in [2.45, 2.75) is 20.8 Å². The topological polar surface area (TPSA) is 59.5 Å². The van der Waals surface area contributed by atoms with E-state index < -0.39 is 0 Å². The third kappa shape index (κ3) is 3.68. The summed E-state index contributed by atoms with van der Waals surface area (Å²) in [6.07, 6.45) is 1.66. The molecule has 1 N–H and O–H groups in total. The average Bonchev–Trinajstić information content (AvgIpc) is 3.12. The number of carbonyl (C=O) groups is 1. The molecule has 1 aromatic carbocycles. The SMILES string of the molecule is Cc1ccc(C(=O)N/N=C\c2cc(C)n(-c3ccccc3I)c2C)o1. The van der Waals surface area contributed by atoms with Crippen LogP contribution in [0, 0.1) is 24.3 Å². The lowest BCUT2D eigenvalue weighted by atomic mass is 10.2. The van der Waals surface area contributed by atoms with Gasteiger partial charge in [0.1, 0.15) is 5.76 Å². The molecule has 1 amide bonds. The minimum Gasteiger partial charge on any atom is -0.456 e. The lowest BCUT2D eigenvalue weighted by Gasteiger charge is -2.11. The third-order valence-corrected chi connectivity index (χ3v) is 4.81. The Bertz CT molecular complexity index is 953. The quantitative estimate of drug-likeness (QED) is 0.367. The maximum atomic E-state index is 11.9. The summed E-state index contributed by atoms with van der Waals surface area (Å²) in [5.74, 6) is 0.574. The summed E-state index contributed by atoms with van der Waals surface area (Å²) in [6, 6.07) is 13.6. The summed E-state index contributed by atoms with van der Waals surface area (Å²) in [4.78, 5) is 11.9. The molecule has 3 rings (SSSR count). The Kier molecular flexibility index (Phi) is 5.08. The molecule has 3 aromatic rings. The first kappa shape index (κ1) is 17.5. The average molecular weight is 447 g/mol. The van der Waals surface area contributed by atoms with Gasteiger partial charge in [-0.25, -0.2) is 5.43 Å². The summed E-state index contributed by atoms with van der Waals surface area (Å²) < 4.78 is 8.63. The van der Waals surface area contributed by atoms with E-state index in [1.807, 2.05) is 25.1 Å². The lowest BCUT2D eigenvalue weighted by molar-refractivity contribution is 0.0926. The number of hydrogen-bond donors (Lipinski definition) is 1. The van der Waals surface area contributed by atoms with E-state index >= 15 is 0 Å². The summed E-state index contributed by atoms with van der Waals surface area (Å²) in [7, 11) is 0. The largest absolute Gasteiger partial charge is 0.456 e. The summed E-state index contributed by atoms with van der Waals surface area (Å²) in [6.45, 7) is 5.88. The highest BCUT2D eigenvalue weighted by Gasteiger charge is 2.12. The first-order chi connectivity index (χ1) is 12.0. The van der Waals surface area contributed by atoms with Gasteiger partial charge in [-0.05, 0) is 73.7 Å². The van der Waals surface area contributed by atoms with Gasteiger partial charge in [-0.2, -0.15) is 5.10 Å². The van der Waals surface area contributed by atoms with Gasteiger partial charge in [0.15, 0.2) is 5.76 Å². The van der Waals surface area contributed by atoms with Crippen molar-refractivity contribution in [1.82, 2.24) is 9.99 Å². The van der Waals surface area contributed by atoms with Gasteiger partial charge in [0, 0.05) is 20.5 Å². The van der Waals surface area contributed by atoms with Crippen LogP contribution < -0.4 is 5.43 Å². The van der Waals surface area contributed by atoms with Gasteiger partial charge in [-0.15, -0.1) is 0 Å². The van der Waals surface area contributed by atoms with Crippen LogP contribution in [0.5, 0.6) is 0 Å².